The van der Waals surface area contributed by atoms with Crippen LogP contribution < -0.4 is 11.1 Å². The summed E-state index contributed by atoms with van der Waals surface area (Å²) in [7, 11) is 0. The molecule has 1 aliphatic heterocycles. The lowest BCUT2D eigenvalue weighted by molar-refractivity contribution is 0.679. The maximum absolute atomic E-state index is 5.84. The van der Waals surface area contributed by atoms with Crippen molar-refractivity contribution in [3.8, 4) is 0 Å². The number of nitrogens with one attached hydrogen (secondary N) is 1. The summed E-state index contributed by atoms with van der Waals surface area (Å²) >= 11 is 0. The van der Waals surface area contributed by atoms with Gasteiger partial charge in [-0.1, -0.05) is 17.7 Å². The highest BCUT2D eigenvalue weighted by Gasteiger charge is 2.13. The van der Waals surface area contributed by atoms with E-state index in [2.05, 4.69) is 30.4 Å². The Kier molecular flexibility index (Phi) is 1.77. The molecule has 0 bridgehead atoms. The van der Waals surface area contributed by atoms with Gasteiger partial charge in [0, 0.05) is 18.3 Å². The number of benzene rings is 1. The zero-order chi connectivity index (χ0) is 8.55. The molecular weight excluding hydrogens is 148 g/mol. The highest BCUT2D eigenvalue weighted by molar-refractivity contribution is 5.54. The third-order valence-electron chi connectivity index (χ3n) is 2.30. The number of nitrogens with two attached hydrogens (primary N) is 1. The van der Waals surface area contributed by atoms with Crippen LogP contribution in [0.3, 0.4) is 0 Å². The molecule has 12 heavy (non-hydrogen) atoms. The summed E-state index contributed by atoms with van der Waals surface area (Å²) in [6, 6.07) is 6.75. The summed E-state index contributed by atoms with van der Waals surface area (Å²) in [5.74, 6) is 0. The molecule has 1 unspecified atom stereocenters. The lowest BCUT2D eigenvalue weighted by atomic mass is 9.99. The number of anilines is 1. The largest absolute Gasteiger partial charge is 0.383 e. The number of hydrogen-bond acceptors (Lipinski definition) is 2. The molecule has 1 aromatic rings. The van der Waals surface area contributed by atoms with Gasteiger partial charge >= 0.3 is 0 Å². The molecule has 0 radical (unpaired) electrons. The molecule has 1 aromatic carbocycles. The summed E-state index contributed by atoms with van der Waals surface area (Å²) in [6.45, 7) is 3.01. The predicted molar refractivity (Wildman–Crippen MR) is 51.3 cm³/mol. The Morgan fingerprint density at radius 3 is 3.17 bits per heavy atom. The van der Waals surface area contributed by atoms with Gasteiger partial charge in [0.1, 0.15) is 0 Å². The molecule has 0 saturated carbocycles. The fraction of sp³-hybridized carbons (Fsp3) is 0.400. The number of rotatable bonds is 0. The van der Waals surface area contributed by atoms with Crippen molar-refractivity contribution < 1.29 is 0 Å². The van der Waals surface area contributed by atoms with Gasteiger partial charge in [-0.25, -0.2) is 0 Å². The third-order valence-corrected chi connectivity index (χ3v) is 2.30. The molecule has 0 saturated heterocycles. The third kappa shape index (κ3) is 1.30. The van der Waals surface area contributed by atoms with Crippen LogP contribution in [0.2, 0.25) is 0 Å². The second kappa shape index (κ2) is 2.79. The second-order valence-corrected chi connectivity index (χ2v) is 3.51. The molecule has 0 fully saturated rings. The van der Waals surface area contributed by atoms with Crippen molar-refractivity contribution >= 4 is 5.69 Å². The SMILES string of the molecule is Cc1ccc2c(c1)CC(N)CN2. The first-order chi connectivity index (χ1) is 5.75. The van der Waals surface area contributed by atoms with Gasteiger partial charge in [-0.05, 0) is 25.0 Å². The normalized spacial score (nSPS) is 21.3. The van der Waals surface area contributed by atoms with Crippen LogP contribution in [0.15, 0.2) is 18.2 Å². The standard InChI is InChI=1S/C10H14N2/c1-7-2-3-10-8(4-7)5-9(11)6-12-10/h2-4,9,12H,5-6,11H2,1H3. The van der Waals surface area contributed by atoms with Crippen LogP contribution in [-0.2, 0) is 6.42 Å². The smallest absolute Gasteiger partial charge is 0.0374 e. The minimum Gasteiger partial charge on any atom is -0.383 e. The molecule has 0 spiro atoms. The molecule has 0 amide bonds. The second-order valence-electron chi connectivity index (χ2n) is 3.51. The van der Waals surface area contributed by atoms with Gasteiger partial charge in [-0.15, -0.1) is 0 Å². The van der Waals surface area contributed by atoms with E-state index in [0.29, 0.717) is 0 Å². The van der Waals surface area contributed by atoms with E-state index >= 15 is 0 Å². The summed E-state index contributed by atoms with van der Waals surface area (Å²) in [4.78, 5) is 0. The van der Waals surface area contributed by atoms with Gasteiger partial charge in [-0.2, -0.15) is 0 Å². The van der Waals surface area contributed by atoms with E-state index in [4.69, 9.17) is 5.73 Å². The van der Waals surface area contributed by atoms with Gasteiger partial charge < -0.3 is 11.1 Å². The van der Waals surface area contributed by atoms with Gasteiger partial charge in [0.05, 0.1) is 0 Å². The lowest BCUT2D eigenvalue weighted by Crippen LogP contribution is -2.35. The zero-order valence-electron chi connectivity index (χ0n) is 7.30. The first-order valence-corrected chi connectivity index (χ1v) is 4.34. The van der Waals surface area contributed by atoms with Crippen LogP contribution in [0.1, 0.15) is 11.1 Å². The average Bonchev–Trinajstić information content (AvgIpc) is 2.03. The highest BCUT2D eigenvalue weighted by Crippen LogP contribution is 2.21. The topological polar surface area (TPSA) is 38.0 Å². The molecule has 1 atom stereocenters. The maximum atomic E-state index is 5.84. The zero-order valence-corrected chi connectivity index (χ0v) is 7.30. The summed E-state index contributed by atoms with van der Waals surface area (Å²) in [5.41, 5.74) is 9.75. The Morgan fingerprint density at radius 2 is 2.33 bits per heavy atom. The first-order valence-electron chi connectivity index (χ1n) is 4.34. The average molecular weight is 162 g/mol. The van der Waals surface area contributed by atoms with Crippen molar-refractivity contribution in [3.63, 3.8) is 0 Å². The molecule has 1 heterocycles. The molecule has 2 nitrogen and oxygen atoms in total. The van der Waals surface area contributed by atoms with Crippen molar-refractivity contribution in [1.29, 1.82) is 0 Å². The Labute approximate surface area is 72.8 Å². The highest BCUT2D eigenvalue weighted by atomic mass is 14.9. The van der Waals surface area contributed by atoms with E-state index in [1.54, 1.807) is 0 Å². The molecular formula is C10H14N2. The van der Waals surface area contributed by atoms with Crippen LogP contribution in [0, 0.1) is 6.92 Å². The Hall–Kier alpha value is -1.02. The van der Waals surface area contributed by atoms with Crippen LogP contribution in [-0.4, -0.2) is 12.6 Å². The minimum atomic E-state index is 0.277. The molecule has 2 rings (SSSR count). The molecule has 0 aliphatic carbocycles. The van der Waals surface area contributed by atoms with Crippen LogP contribution in [0.5, 0.6) is 0 Å². The van der Waals surface area contributed by atoms with Gasteiger partial charge in [0.25, 0.3) is 0 Å². The summed E-state index contributed by atoms with van der Waals surface area (Å²) < 4.78 is 0. The van der Waals surface area contributed by atoms with Crippen molar-refractivity contribution in [3.05, 3.63) is 29.3 Å². The van der Waals surface area contributed by atoms with E-state index in [-0.39, 0.29) is 6.04 Å². The fourth-order valence-electron chi connectivity index (χ4n) is 1.66. The van der Waals surface area contributed by atoms with E-state index in [1.165, 1.54) is 16.8 Å². The van der Waals surface area contributed by atoms with E-state index in [0.717, 1.165) is 13.0 Å². The van der Waals surface area contributed by atoms with Gasteiger partial charge in [0.2, 0.25) is 0 Å². The van der Waals surface area contributed by atoms with Crippen LogP contribution in [0.25, 0.3) is 0 Å². The monoisotopic (exact) mass is 162 g/mol. The van der Waals surface area contributed by atoms with Crippen molar-refractivity contribution in [2.45, 2.75) is 19.4 Å². The van der Waals surface area contributed by atoms with Crippen molar-refractivity contribution in [2.75, 3.05) is 11.9 Å². The molecule has 2 heteroatoms. The summed E-state index contributed by atoms with van der Waals surface area (Å²) in [5, 5.41) is 3.31. The minimum absolute atomic E-state index is 0.277. The van der Waals surface area contributed by atoms with Crippen LogP contribution in [0.4, 0.5) is 5.69 Å². The number of hydrogen-bond donors (Lipinski definition) is 2. The quantitative estimate of drug-likeness (QED) is 0.603. The van der Waals surface area contributed by atoms with Crippen LogP contribution >= 0.6 is 0 Å². The Bertz CT molecular complexity index is 294. The molecule has 3 N–H and O–H groups in total. The fourth-order valence-corrected chi connectivity index (χ4v) is 1.66. The molecule has 1 aliphatic rings. The van der Waals surface area contributed by atoms with Crippen molar-refractivity contribution in [2.24, 2.45) is 5.73 Å². The van der Waals surface area contributed by atoms with E-state index in [9.17, 15) is 0 Å². The Morgan fingerprint density at radius 1 is 1.50 bits per heavy atom. The van der Waals surface area contributed by atoms with Crippen molar-refractivity contribution in [1.82, 2.24) is 0 Å². The van der Waals surface area contributed by atoms with E-state index in [1.807, 2.05) is 0 Å². The molecule has 64 valence electrons. The lowest BCUT2D eigenvalue weighted by Gasteiger charge is -2.23. The first kappa shape index (κ1) is 7.62. The van der Waals surface area contributed by atoms with E-state index < -0.39 is 0 Å². The number of aryl methyl sites for hydroxylation is 1. The number of fused-ring (bicyclic) bond motifs is 1. The van der Waals surface area contributed by atoms with Gasteiger partial charge in [-0.3, -0.25) is 0 Å². The molecule has 0 aromatic heterocycles. The summed E-state index contributed by atoms with van der Waals surface area (Å²) in [6.07, 6.45) is 1.00. The Balaban J connectivity index is 2.37. The van der Waals surface area contributed by atoms with Gasteiger partial charge in [0.15, 0.2) is 0 Å². The maximum Gasteiger partial charge on any atom is 0.0374 e. The predicted octanol–water partition coefficient (Wildman–Crippen LogP) is 1.29.